The average molecular weight is 611 g/mol. The number of unbranched alkanes of at least 4 members (excludes halogenated alkanes) is 15. The second kappa shape index (κ2) is 24.7. The van der Waals surface area contributed by atoms with E-state index in [9.17, 15) is 9.59 Å². The summed E-state index contributed by atoms with van der Waals surface area (Å²) in [6.07, 6.45) is 23.5. The van der Waals surface area contributed by atoms with Crippen LogP contribution in [0.4, 0.5) is 4.79 Å². The van der Waals surface area contributed by atoms with Gasteiger partial charge in [0.1, 0.15) is 13.1 Å². The van der Waals surface area contributed by atoms with Crippen molar-refractivity contribution >= 4 is 12.0 Å². The molecule has 7 nitrogen and oxygen atoms in total. The van der Waals surface area contributed by atoms with Gasteiger partial charge in [-0.3, -0.25) is 4.79 Å². The van der Waals surface area contributed by atoms with E-state index in [4.69, 9.17) is 14.2 Å². The van der Waals surface area contributed by atoms with Crippen molar-refractivity contribution in [3.63, 3.8) is 0 Å². The molecule has 0 saturated carbocycles. The van der Waals surface area contributed by atoms with Crippen molar-refractivity contribution < 1.29 is 40.8 Å². The molecule has 2 atom stereocenters. The summed E-state index contributed by atoms with van der Waals surface area (Å²) in [7, 11) is 0. The van der Waals surface area contributed by atoms with Gasteiger partial charge in [-0.2, -0.15) is 0 Å². The van der Waals surface area contributed by atoms with E-state index < -0.39 is 6.09 Å². The molecule has 1 aliphatic rings. The van der Waals surface area contributed by atoms with Crippen molar-refractivity contribution in [2.45, 2.75) is 149 Å². The molecule has 1 fully saturated rings. The predicted molar refractivity (Wildman–Crippen MR) is 163 cm³/mol. The summed E-state index contributed by atoms with van der Waals surface area (Å²) < 4.78 is 19.2. The minimum absolute atomic E-state index is 0. The third-order valence-electron chi connectivity index (χ3n) is 8.08. The number of ether oxygens (including phenoxy) is 3. The van der Waals surface area contributed by atoms with E-state index in [1.54, 1.807) is 0 Å². The van der Waals surface area contributed by atoms with Crippen LogP contribution in [0.2, 0.25) is 0 Å². The summed E-state index contributed by atoms with van der Waals surface area (Å²) in [5, 5.41) is 0. The van der Waals surface area contributed by atoms with E-state index in [0.717, 1.165) is 23.6 Å². The number of aromatic nitrogens is 1. The number of aryl methyl sites for hydroxylation is 1. The molecule has 0 spiro atoms. The SMILES string of the molecule is CCCCCCCCCCCCCCCCCCOC1CC(COC(=O)N(Cc2cccc[n+]2CC)C(C)=O)CO1.[Cl-]. The molecule has 2 amide bonds. The number of nitrogens with zero attached hydrogens (tertiary/aromatic N) is 2. The van der Waals surface area contributed by atoms with Gasteiger partial charge in [0.05, 0.1) is 13.2 Å². The fourth-order valence-corrected chi connectivity index (χ4v) is 5.45. The second-order valence-electron chi connectivity index (χ2n) is 11.7. The maximum atomic E-state index is 12.7. The van der Waals surface area contributed by atoms with Gasteiger partial charge in [-0.15, -0.1) is 0 Å². The van der Waals surface area contributed by atoms with Gasteiger partial charge in [0.2, 0.25) is 11.6 Å². The highest BCUT2D eigenvalue weighted by Crippen LogP contribution is 2.22. The highest BCUT2D eigenvalue weighted by Gasteiger charge is 2.29. The van der Waals surface area contributed by atoms with E-state index in [1.165, 1.54) is 103 Å². The Morgan fingerprint density at radius 2 is 1.45 bits per heavy atom. The smallest absolute Gasteiger partial charge is 0.417 e. The lowest BCUT2D eigenvalue weighted by Crippen LogP contribution is -3.00. The number of hydrogen-bond acceptors (Lipinski definition) is 5. The highest BCUT2D eigenvalue weighted by molar-refractivity contribution is 5.90. The lowest BCUT2D eigenvalue weighted by Gasteiger charge is -2.19. The fraction of sp³-hybridized carbons (Fsp3) is 0.794. The van der Waals surface area contributed by atoms with Gasteiger partial charge in [0, 0.05) is 38.0 Å². The van der Waals surface area contributed by atoms with Gasteiger partial charge in [0.15, 0.2) is 12.5 Å². The van der Waals surface area contributed by atoms with Crippen molar-refractivity contribution in [1.29, 1.82) is 0 Å². The van der Waals surface area contributed by atoms with Gasteiger partial charge in [0.25, 0.3) is 0 Å². The molecule has 0 N–H and O–H groups in total. The molecule has 0 radical (unpaired) electrons. The quantitative estimate of drug-likeness (QED) is 0.127. The van der Waals surface area contributed by atoms with E-state index >= 15 is 0 Å². The van der Waals surface area contributed by atoms with Crippen LogP contribution in [0.5, 0.6) is 0 Å². The van der Waals surface area contributed by atoms with Crippen LogP contribution in [-0.4, -0.2) is 43.0 Å². The molecular formula is C34H59ClN2O5. The maximum absolute atomic E-state index is 12.7. The molecule has 8 heteroatoms. The molecule has 42 heavy (non-hydrogen) atoms. The Hall–Kier alpha value is -1.70. The number of carbonyl (C=O) groups excluding carboxylic acids is 2. The summed E-state index contributed by atoms with van der Waals surface area (Å²) in [4.78, 5) is 26.0. The number of halogens is 1. The van der Waals surface area contributed by atoms with Crippen molar-refractivity contribution in [3.05, 3.63) is 30.1 Å². The Morgan fingerprint density at radius 3 is 2.00 bits per heavy atom. The van der Waals surface area contributed by atoms with Crippen LogP contribution in [0, 0.1) is 5.92 Å². The van der Waals surface area contributed by atoms with Crippen LogP contribution < -0.4 is 17.0 Å². The molecule has 1 saturated heterocycles. The lowest BCUT2D eigenvalue weighted by molar-refractivity contribution is -0.701. The topological polar surface area (TPSA) is 69.0 Å². The van der Waals surface area contributed by atoms with Crippen molar-refractivity contribution in [2.75, 3.05) is 19.8 Å². The largest absolute Gasteiger partial charge is 1.00 e. The molecule has 1 aromatic rings. The van der Waals surface area contributed by atoms with Gasteiger partial charge in [-0.1, -0.05) is 109 Å². The molecular weight excluding hydrogens is 552 g/mol. The van der Waals surface area contributed by atoms with Crippen LogP contribution in [0.25, 0.3) is 0 Å². The Balaban J connectivity index is 0.00000882. The minimum atomic E-state index is -0.610. The summed E-state index contributed by atoms with van der Waals surface area (Å²) in [6.45, 7) is 8.09. The zero-order chi connectivity index (χ0) is 29.5. The normalized spacial score (nSPS) is 16.3. The predicted octanol–water partition coefficient (Wildman–Crippen LogP) is 5.12. The van der Waals surface area contributed by atoms with Crippen molar-refractivity contribution in [1.82, 2.24) is 4.90 Å². The first-order valence-electron chi connectivity index (χ1n) is 16.7. The molecule has 2 unspecified atom stereocenters. The number of hydrogen-bond donors (Lipinski definition) is 0. The first kappa shape index (κ1) is 38.3. The number of pyridine rings is 1. The molecule has 242 valence electrons. The number of imide groups is 1. The van der Waals surface area contributed by atoms with Crippen molar-refractivity contribution in [3.8, 4) is 0 Å². The first-order chi connectivity index (χ1) is 20.0. The van der Waals surface area contributed by atoms with Crippen LogP contribution in [0.15, 0.2) is 24.4 Å². The summed E-state index contributed by atoms with van der Waals surface area (Å²) in [6, 6.07) is 5.75. The molecule has 0 aliphatic carbocycles. The molecule has 0 bridgehead atoms. The number of amides is 2. The average Bonchev–Trinajstić information content (AvgIpc) is 3.44. The standard InChI is InChI=1S/C34H59N2O5.ClH/c1-4-6-7-8-9-10-11-12-13-14-15-16-17-18-19-22-25-39-33-26-31(28-40-33)29-41-34(38)36(30(3)37)27-32-23-20-21-24-35(32)5-2;/h20-21,23-24,31,33H,4-19,22,25-29H2,1-3H3;1H/q+1;/p-1. The van der Waals surface area contributed by atoms with Crippen LogP contribution in [0.1, 0.15) is 136 Å². The van der Waals surface area contributed by atoms with Crippen LogP contribution >= 0.6 is 0 Å². The van der Waals surface area contributed by atoms with Gasteiger partial charge >= 0.3 is 6.09 Å². The van der Waals surface area contributed by atoms with Gasteiger partial charge < -0.3 is 26.6 Å². The zero-order valence-corrected chi connectivity index (χ0v) is 27.6. The van der Waals surface area contributed by atoms with Gasteiger partial charge in [-0.25, -0.2) is 14.3 Å². The maximum Gasteiger partial charge on any atom is 0.417 e. The second-order valence-corrected chi connectivity index (χ2v) is 11.7. The monoisotopic (exact) mass is 610 g/mol. The fourth-order valence-electron chi connectivity index (χ4n) is 5.45. The molecule has 1 aliphatic heterocycles. The minimum Gasteiger partial charge on any atom is -1.00 e. The lowest BCUT2D eigenvalue weighted by atomic mass is 10.0. The summed E-state index contributed by atoms with van der Waals surface area (Å²) in [5.74, 6) is -0.245. The third-order valence-corrected chi connectivity index (χ3v) is 8.08. The number of carbonyl (C=O) groups is 2. The Morgan fingerprint density at radius 1 is 0.881 bits per heavy atom. The zero-order valence-electron chi connectivity index (χ0n) is 26.8. The Labute approximate surface area is 262 Å². The van der Waals surface area contributed by atoms with E-state index in [-0.39, 0.29) is 43.7 Å². The van der Waals surface area contributed by atoms with Crippen LogP contribution in [-0.2, 0) is 32.1 Å². The van der Waals surface area contributed by atoms with E-state index in [2.05, 4.69) is 6.92 Å². The van der Waals surface area contributed by atoms with E-state index in [0.29, 0.717) is 19.6 Å². The van der Waals surface area contributed by atoms with Gasteiger partial charge in [-0.05, 0) is 13.3 Å². The molecule has 2 rings (SSSR count). The summed E-state index contributed by atoms with van der Waals surface area (Å²) in [5.41, 5.74) is 0.883. The van der Waals surface area contributed by atoms with E-state index in [1.807, 2.05) is 35.9 Å². The highest BCUT2D eigenvalue weighted by atomic mass is 35.5. The van der Waals surface area contributed by atoms with Crippen LogP contribution in [0.3, 0.4) is 0 Å². The Bertz CT molecular complexity index is 840. The van der Waals surface area contributed by atoms with Crippen molar-refractivity contribution in [2.24, 2.45) is 5.92 Å². The summed E-state index contributed by atoms with van der Waals surface area (Å²) >= 11 is 0. The Kier molecular flexibility index (Phi) is 22.5. The molecule has 0 aromatic carbocycles. The first-order valence-corrected chi connectivity index (χ1v) is 16.7. The third kappa shape index (κ3) is 16.8. The molecule has 2 heterocycles. The molecule has 1 aromatic heterocycles. The number of rotatable bonds is 23.